The number of imide groups is 1. The second-order valence-corrected chi connectivity index (χ2v) is 6.55. The topological polar surface area (TPSA) is 75.7 Å². The van der Waals surface area contributed by atoms with Crippen LogP contribution in [-0.2, 0) is 14.4 Å². The summed E-state index contributed by atoms with van der Waals surface area (Å²) in [4.78, 5) is 38.4. The van der Waals surface area contributed by atoms with E-state index in [1.165, 1.54) is 4.90 Å². The first-order valence-electron chi connectivity index (χ1n) is 8.98. The van der Waals surface area contributed by atoms with Crippen molar-refractivity contribution in [1.82, 2.24) is 4.90 Å². The van der Waals surface area contributed by atoms with Crippen molar-refractivity contribution in [3.05, 3.63) is 24.3 Å². The van der Waals surface area contributed by atoms with Crippen LogP contribution in [0.2, 0.25) is 0 Å². The van der Waals surface area contributed by atoms with Crippen LogP contribution in [0.3, 0.4) is 0 Å². The fourth-order valence-corrected chi connectivity index (χ4v) is 3.73. The zero-order valence-corrected chi connectivity index (χ0v) is 14.5. The lowest BCUT2D eigenvalue weighted by molar-refractivity contribution is -0.140. The van der Waals surface area contributed by atoms with Crippen LogP contribution in [0.15, 0.2) is 24.3 Å². The van der Waals surface area contributed by atoms with Crippen molar-refractivity contribution in [2.75, 3.05) is 18.5 Å². The Kier molecular flexibility index (Phi) is 5.36. The van der Waals surface area contributed by atoms with Crippen molar-refractivity contribution in [1.29, 1.82) is 0 Å². The molecular weight excluding hydrogens is 320 g/mol. The lowest BCUT2D eigenvalue weighted by Gasteiger charge is -2.19. The van der Waals surface area contributed by atoms with Gasteiger partial charge in [0.25, 0.3) is 0 Å². The molecule has 0 bridgehead atoms. The number of para-hydroxylation sites is 2. The lowest BCUT2D eigenvalue weighted by Crippen LogP contribution is -2.34. The molecule has 0 spiro atoms. The first kappa shape index (κ1) is 17.5. The maximum atomic E-state index is 12.4. The van der Waals surface area contributed by atoms with Crippen LogP contribution in [0.25, 0.3) is 0 Å². The Morgan fingerprint density at radius 2 is 1.80 bits per heavy atom. The number of ether oxygens (including phenoxy) is 1. The van der Waals surface area contributed by atoms with Crippen LogP contribution in [0, 0.1) is 11.8 Å². The van der Waals surface area contributed by atoms with Crippen molar-refractivity contribution in [3.63, 3.8) is 0 Å². The minimum Gasteiger partial charge on any atom is -0.492 e. The first-order valence-corrected chi connectivity index (χ1v) is 8.98. The number of nitrogens with one attached hydrogen (secondary N) is 1. The number of benzene rings is 1. The van der Waals surface area contributed by atoms with Gasteiger partial charge in [-0.1, -0.05) is 25.0 Å². The summed E-state index contributed by atoms with van der Waals surface area (Å²) in [6.45, 7) is 2.53. The van der Waals surface area contributed by atoms with E-state index in [0.29, 0.717) is 18.0 Å². The van der Waals surface area contributed by atoms with E-state index in [-0.39, 0.29) is 42.5 Å². The van der Waals surface area contributed by atoms with Gasteiger partial charge in [-0.25, -0.2) is 0 Å². The lowest BCUT2D eigenvalue weighted by atomic mass is 9.81. The number of nitrogens with zero attached hydrogens (tertiary/aromatic N) is 1. The third-order valence-corrected chi connectivity index (χ3v) is 4.96. The molecule has 1 aliphatic heterocycles. The number of fused-ring (bicyclic) bond motifs is 1. The Bertz CT molecular complexity index is 649. The van der Waals surface area contributed by atoms with E-state index < -0.39 is 0 Å². The summed E-state index contributed by atoms with van der Waals surface area (Å²) in [6.07, 6.45) is 3.68. The average molecular weight is 344 g/mol. The summed E-state index contributed by atoms with van der Waals surface area (Å²) < 4.78 is 5.48. The summed E-state index contributed by atoms with van der Waals surface area (Å²) >= 11 is 0. The molecule has 6 heteroatoms. The highest BCUT2D eigenvalue weighted by molar-refractivity contribution is 6.05. The van der Waals surface area contributed by atoms with Gasteiger partial charge in [0.15, 0.2) is 0 Å². The van der Waals surface area contributed by atoms with Crippen molar-refractivity contribution >= 4 is 23.4 Å². The molecule has 1 N–H and O–H groups in total. The van der Waals surface area contributed by atoms with Crippen LogP contribution < -0.4 is 10.1 Å². The molecule has 1 saturated carbocycles. The monoisotopic (exact) mass is 344 g/mol. The number of likely N-dealkylation sites (tertiary alicyclic amines) is 1. The fraction of sp³-hybridized carbons (Fsp3) is 0.526. The molecule has 2 aliphatic rings. The molecule has 0 unspecified atom stereocenters. The number of hydrogen-bond acceptors (Lipinski definition) is 4. The maximum Gasteiger partial charge on any atom is 0.233 e. The fourth-order valence-electron chi connectivity index (χ4n) is 3.73. The van der Waals surface area contributed by atoms with Crippen LogP contribution in [0.4, 0.5) is 5.69 Å². The van der Waals surface area contributed by atoms with Gasteiger partial charge in [-0.3, -0.25) is 19.3 Å². The Morgan fingerprint density at radius 3 is 2.44 bits per heavy atom. The Balaban J connectivity index is 1.57. The predicted octanol–water partition coefficient (Wildman–Crippen LogP) is 2.59. The van der Waals surface area contributed by atoms with E-state index in [2.05, 4.69) is 5.32 Å². The minimum atomic E-state index is -0.234. The van der Waals surface area contributed by atoms with E-state index in [0.717, 1.165) is 25.7 Å². The second-order valence-electron chi connectivity index (χ2n) is 6.55. The highest BCUT2D eigenvalue weighted by atomic mass is 16.5. The normalized spacial score (nSPS) is 22.7. The molecule has 0 aromatic heterocycles. The number of rotatable bonds is 6. The largest absolute Gasteiger partial charge is 0.492 e. The quantitative estimate of drug-likeness (QED) is 0.805. The van der Waals surface area contributed by atoms with Gasteiger partial charge in [0.1, 0.15) is 5.75 Å². The minimum absolute atomic E-state index is 0.0946. The zero-order chi connectivity index (χ0) is 17.8. The van der Waals surface area contributed by atoms with Gasteiger partial charge in [0.2, 0.25) is 17.7 Å². The molecule has 0 radical (unpaired) electrons. The highest BCUT2D eigenvalue weighted by Gasteiger charge is 2.47. The van der Waals surface area contributed by atoms with Crippen molar-refractivity contribution < 1.29 is 19.1 Å². The first-order chi connectivity index (χ1) is 12.1. The standard InChI is InChI=1S/C19H24N2O4/c1-2-25-16-10-6-5-9-15(16)20-17(22)11-12-21-18(23)13-7-3-4-8-14(13)19(21)24/h5-6,9-10,13-14H,2-4,7-8,11-12H2,1H3,(H,20,22)/t13-,14+. The summed E-state index contributed by atoms with van der Waals surface area (Å²) in [5, 5.41) is 2.80. The third-order valence-electron chi connectivity index (χ3n) is 4.96. The van der Waals surface area contributed by atoms with Gasteiger partial charge in [0.05, 0.1) is 24.1 Å². The molecular formula is C19H24N2O4. The van der Waals surface area contributed by atoms with Crippen LogP contribution >= 0.6 is 0 Å². The molecule has 2 fully saturated rings. The molecule has 1 heterocycles. The number of anilines is 1. The molecule has 1 saturated heterocycles. The number of hydrogen-bond donors (Lipinski definition) is 1. The number of carbonyl (C=O) groups excluding carboxylic acids is 3. The van der Waals surface area contributed by atoms with E-state index in [1.807, 2.05) is 19.1 Å². The molecule has 6 nitrogen and oxygen atoms in total. The molecule has 2 atom stereocenters. The van der Waals surface area contributed by atoms with Crippen molar-refractivity contribution in [2.24, 2.45) is 11.8 Å². The highest BCUT2D eigenvalue weighted by Crippen LogP contribution is 2.38. The third kappa shape index (κ3) is 3.67. The second kappa shape index (κ2) is 7.68. The van der Waals surface area contributed by atoms with Gasteiger partial charge in [-0.15, -0.1) is 0 Å². The molecule has 1 aliphatic carbocycles. The van der Waals surface area contributed by atoms with Crippen molar-refractivity contribution in [3.8, 4) is 5.75 Å². The summed E-state index contributed by atoms with van der Waals surface area (Å²) in [5.74, 6) is -0.152. The van der Waals surface area contributed by atoms with E-state index >= 15 is 0 Å². The molecule has 1 aromatic rings. The maximum absolute atomic E-state index is 12.4. The van der Waals surface area contributed by atoms with Gasteiger partial charge >= 0.3 is 0 Å². The summed E-state index contributed by atoms with van der Waals surface area (Å²) in [7, 11) is 0. The number of carbonyl (C=O) groups is 3. The predicted molar refractivity (Wildman–Crippen MR) is 93.0 cm³/mol. The van der Waals surface area contributed by atoms with E-state index in [4.69, 9.17) is 4.74 Å². The van der Waals surface area contributed by atoms with Gasteiger partial charge in [-0.2, -0.15) is 0 Å². The molecule has 1 aromatic carbocycles. The SMILES string of the molecule is CCOc1ccccc1NC(=O)CCN1C(=O)[C@H]2CCCC[C@H]2C1=O. The Morgan fingerprint density at radius 1 is 1.16 bits per heavy atom. The molecule has 3 rings (SSSR count). The average Bonchev–Trinajstić information content (AvgIpc) is 2.86. The van der Waals surface area contributed by atoms with Gasteiger partial charge < -0.3 is 10.1 Å². The molecule has 134 valence electrons. The van der Waals surface area contributed by atoms with Crippen LogP contribution in [-0.4, -0.2) is 35.8 Å². The van der Waals surface area contributed by atoms with Crippen molar-refractivity contribution in [2.45, 2.75) is 39.0 Å². The molecule has 3 amide bonds. The van der Waals surface area contributed by atoms with E-state index in [9.17, 15) is 14.4 Å². The number of amides is 3. The van der Waals surface area contributed by atoms with Crippen LogP contribution in [0.5, 0.6) is 5.75 Å². The summed E-state index contributed by atoms with van der Waals surface area (Å²) in [5.41, 5.74) is 0.599. The Hall–Kier alpha value is -2.37. The van der Waals surface area contributed by atoms with E-state index in [1.54, 1.807) is 12.1 Å². The zero-order valence-electron chi connectivity index (χ0n) is 14.5. The Labute approximate surface area is 147 Å². The van der Waals surface area contributed by atoms with Gasteiger partial charge in [-0.05, 0) is 31.9 Å². The summed E-state index contributed by atoms with van der Waals surface area (Å²) in [6, 6.07) is 7.21. The van der Waals surface area contributed by atoms with Crippen LogP contribution in [0.1, 0.15) is 39.0 Å². The molecule has 25 heavy (non-hydrogen) atoms. The smallest absolute Gasteiger partial charge is 0.233 e. The van der Waals surface area contributed by atoms with Gasteiger partial charge in [0, 0.05) is 13.0 Å².